The van der Waals surface area contributed by atoms with E-state index in [0.29, 0.717) is 23.8 Å². The summed E-state index contributed by atoms with van der Waals surface area (Å²) < 4.78 is 21.8. The molecular weight excluding hydrogens is 522 g/mol. The van der Waals surface area contributed by atoms with Crippen LogP contribution in [-0.4, -0.2) is 68.0 Å². The average Bonchev–Trinajstić information content (AvgIpc) is 3.72. The Bertz CT molecular complexity index is 1510. The maximum absolute atomic E-state index is 13.1. The summed E-state index contributed by atoms with van der Waals surface area (Å²) in [7, 11) is 1.44. The van der Waals surface area contributed by atoms with Gasteiger partial charge in [-0.15, -0.1) is 5.10 Å². The third-order valence-corrected chi connectivity index (χ3v) is 6.46. The number of nitrogens with one attached hydrogen (secondary N) is 1. The minimum atomic E-state index is -0.664. The van der Waals surface area contributed by atoms with Gasteiger partial charge in [-0.25, -0.2) is 14.8 Å². The molecule has 3 aromatic heterocycles. The summed E-state index contributed by atoms with van der Waals surface area (Å²) in [6.07, 6.45) is 6.03. The van der Waals surface area contributed by atoms with Crippen molar-refractivity contribution >= 4 is 23.9 Å². The zero-order valence-corrected chi connectivity index (χ0v) is 21.8. The standard InChI is InChI=1S/C25H27N9O6/c1-15-6-3-4-10-33(15)14-17-21(28-32-34(17)23-22(26)30-40-31-23)24(35)29-27-13-16-8-9-18(20(12-16)37-2)39-25(36)19-7-5-11-38-19/h5,7-9,11-13,15H,3-4,6,10,14H2,1-2H3,(H2,26,30)(H,29,35)/b27-13+/t15-/m0/s1. The lowest BCUT2D eigenvalue weighted by Crippen LogP contribution is -2.38. The van der Waals surface area contributed by atoms with E-state index in [-0.39, 0.29) is 34.6 Å². The lowest BCUT2D eigenvalue weighted by Gasteiger charge is -2.33. The van der Waals surface area contributed by atoms with Crippen molar-refractivity contribution in [2.24, 2.45) is 5.10 Å². The molecule has 1 aromatic carbocycles. The normalized spacial score (nSPS) is 15.8. The van der Waals surface area contributed by atoms with Crippen LogP contribution in [0.4, 0.5) is 5.82 Å². The second-order valence-electron chi connectivity index (χ2n) is 9.06. The molecule has 0 saturated carbocycles. The molecule has 1 fully saturated rings. The number of carbonyl (C=O) groups is 2. The Morgan fingerprint density at radius 2 is 2.12 bits per heavy atom. The lowest BCUT2D eigenvalue weighted by atomic mass is 10.0. The van der Waals surface area contributed by atoms with E-state index in [9.17, 15) is 9.59 Å². The fourth-order valence-corrected chi connectivity index (χ4v) is 4.32. The van der Waals surface area contributed by atoms with Gasteiger partial charge in [0.2, 0.25) is 17.4 Å². The number of amides is 1. The fourth-order valence-electron chi connectivity index (χ4n) is 4.32. The number of piperidine rings is 1. The van der Waals surface area contributed by atoms with Gasteiger partial charge in [-0.3, -0.25) is 9.69 Å². The molecule has 4 heterocycles. The Morgan fingerprint density at radius 3 is 2.85 bits per heavy atom. The average molecular weight is 550 g/mol. The Morgan fingerprint density at radius 1 is 1.25 bits per heavy atom. The molecule has 1 amide bonds. The number of furan rings is 1. The molecule has 0 spiro atoms. The molecule has 0 aliphatic carbocycles. The lowest BCUT2D eigenvalue weighted by molar-refractivity contribution is 0.0696. The van der Waals surface area contributed by atoms with Crippen molar-refractivity contribution in [3.8, 4) is 17.3 Å². The number of carbonyl (C=O) groups excluding carboxylic acids is 2. The van der Waals surface area contributed by atoms with Crippen molar-refractivity contribution in [2.75, 3.05) is 19.4 Å². The molecule has 0 radical (unpaired) electrons. The summed E-state index contributed by atoms with van der Waals surface area (Å²) in [6, 6.07) is 8.18. The Labute approximate surface area is 227 Å². The quantitative estimate of drug-likeness (QED) is 0.134. The Balaban J connectivity index is 1.32. The first-order valence-corrected chi connectivity index (χ1v) is 12.5. The van der Waals surface area contributed by atoms with Gasteiger partial charge in [-0.1, -0.05) is 11.6 Å². The largest absolute Gasteiger partial charge is 0.493 e. The second-order valence-corrected chi connectivity index (χ2v) is 9.06. The van der Waals surface area contributed by atoms with E-state index in [1.54, 1.807) is 24.3 Å². The predicted octanol–water partition coefficient (Wildman–Crippen LogP) is 2.19. The van der Waals surface area contributed by atoms with Crippen molar-refractivity contribution in [1.82, 2.24) is 35.6 Å². The molecule has 5 rings (SSSR count). The number of methoxy groups -OCH3 is 1. The van der Waals surface area contributed by atoms with E-state index in [4.69, 9.17) is 24.3 Å². The van der Waals surface area contributed by atoms with Gasteiger partial charge < -0.3 is 19.6 Å². The van der Waals surface area contributed by atoms with Gasteiger partial charge in [0, 0.05) is 12.6 Å². The number of rotatable bonds is 9. The van der Waals surface area contributed by atoms with E-state index in [1.807, 2.05) is 0 Å². The highest BCUT2D eigenvalue weighted by Gasteiger charge is 2.28. The van der Waals surface area contributed by atoms with Crippen LogP contribution in [0.3, 0.4) is 0 Å². The van der Waals surface area contributed by atoms with Crippen LogP contribution in [0.2, 0.25) is 0 Å². The highest BCUT2D eigenvalue weighted by molar-refractivity contribution is 5.94. The first-order chi connectivity index (χ1) is 19.4. The van der Waals surface area contributed by atoms with E-state index in [0.717, 1.165) is 25.8 Å². The van der Waals surface area contributed by atoms with Crippen molar-refractivity contribution in [1.29, 1.82) is 0 Å². The number of anilines is 1. The number of nitrogens with zero attached hydrogens (tertiary/aromatic N) is 7. The Hall–Kier alpha value is -5.05. The minimum absolute atomic E-state index is 0.0232. The van der Waals surface area contributed by atoms with Crippen molar-refractivity contribution < 1.29 is 28.1 Å². The molecule has 15 nitrogen and oxygen atoms in total. The number of hydrogen-bond donors (Lipinski definition) is 2. The van der Waals surface area contributed by atoms with Crippen LogP contribution in [0, 0.1) is 0 Å². The maximum Gasteiger partial charge on any atom is 0.379 e. The first-order valence-electron chi connectivity index (χ1n) is 12.5. The van der Waals surface area contributed by atoms with Crippen LogP contribution in [-0.2, 0) is 6.54 Å². The van der Waals surface area contributed by atoms with E-state index in [1.165, 1.54) is 30.3 Å². The van der Waals surface area contributed by atoms with Gasteiger partial charge in [0.15, 0.2) is 17.2 Å². The van der Waals surface area contributed by atoms with Gasteiger partial charge in [0.1, 0.15) is 0 Å². The molecule has 40 heavy (non-hydrogen) atoms. The molecule has 0 bridgehead atoms. The topological polar surface area (TPSA) is 189 Å². The van der Waals surface area contributed by atoms with Crippen LogP contribution in [0.25, 0.3) is 5.82 Å². The molecule has 15 heteroatoms. The number of nitrogen functional groups attached to an aromatic ring is 1. The van der Waals surface area contributed by atoms with Crippen LogP contribution in [0.1, 0.15) is 58.5 Å². The Kier molecular flexibility index (Phi) is 7.82. The highest BCUT2D eigenvalue weighted by atomic mass is 16.6. The van der Waals surface area contributed by atoms with Crippen molar-refractivity contribution in [3.05, 3.63) is 59.3 Å². The SMILES string of the molecule is COc1cc(/C=N/NC(=O)c2nnn(-c3nonc3N)c2CN2CCCC[C@@H]2C)ccc1OC(=O)c1ccco1. The van der Waals surface area contributed by atoms with Crippen LogP contribution in [0.15, 0.2) is 50.7 Å². The summed E-state index contributed by atoms with van der Waals surface area (Å²) in [5.41, 5.74) is 9.48. The van der Waals surface area contributed by atoms with Gasteiger partial charge in [0.05, 0.1) is 25.3 Å². The van der Waals surface area contributed by atoms with Gasteiger partial charge in [0.25, 0.3) is 5.91 Å². The van der Waals surface area contributed by atoms with Gasteiger partial charge in [-0.05, 0) is 72.5 Å². The third-order valence-electron chi connectivity index (χ3n) is 6.46. The van der Waals surface area contributed by atoms with Crippen molar-refractivity contribution in [2.45, 2.75) is 38.8 Å². The number of esters is 1. The number of nitrogens with two attached hydrogens (primary N) is 1. The number of ether oxygens (including phenoxy) is 2. The van der Waals surface area contributed by atoms with E-state index >= 15 is 0 Å². The molecular formula is C25H27N9O6. The molecule has 4 aromatic rings. The van der Waals surface area contributed by atoms with Crippen molar-refractivity contribution in [3.63, 3.8) is 0 Å². The van der Waals surface area contributed by atoms with Crippen LogP contribution in [0.5, 0.6) is 11.5 Å². The monoisotopic (exact) mass is 549 g/mol. The molecule has 0 unspecified atom stereocenters. The molecule has 208 valence electrons. The predicted molar refractivity (Wildman–Crippen MR) is 139 cm³/mol. The smallest absolute Gasteiger partial charge is 0.379 e. The van der Waals surface area contributed by atoms with Crippen LogP contribution < -0.4 is 20.6 Å². The highest BCUT2D eigenvalue weighted by Crippen LogP contribution is 2.28. The molecule has 3 N–H and O–H groups in total. The number of aromatic nitrogens is 5. The fraction of sp³-hybridized carbons (Fsp3) is 0.320. The number of hydrazone groups is 1. The first kappa shape index (κ1) is 26.6. The number of benzene rings is 1. The second kappa shape index (κ2) is 11.8. The summed E-state index contributed by atoms with van der Waals surface area (Å²) in [6.45, 7) is 3.40. The van der Waals surface area contributed by atoms with Gasteiger partial charge in [-0.2, -0.15) is 9.78 Å². The maximum atomic E-state index is 13.1. The summed E-state index contributed by atoms with van der Waals surface area (Å²) in [4.78, 5) is 27.6. The van der Waals surface area contributed by atoms with Crippen LogP contribution >= 0.6 is 0 Å². The summed E-state index contributed by atoms with van der Waals surface area (Å²) >= 11 is 0. The zero-order chi connectivity index (χ0) is 28.1. The molecule has 1 aliphatic rings. The summed E-state index contributed by atoms with van der Waals surface area (Å²) in [5.74, 6) is -0.528. The molecule has 1 saturated heterocycles. The number of hydrogen-bond acceptors (Lipinski definition) is 13. The zero-order valence-electron chi connectivity index (χ0n) is 21.8. The minimum Gasteiger partial charge on any atom is -0.493 e. The third kappa shape index (κ3) is 5.68. The van der Waals surface area contributed by atoms with Gasteiger partial charge >= 0.3 is 5.97 Å². The number of likely N-dealkylation sites (tertiary alicyclic amines) is 1. The molecule has 1 atom stereocenters. The van der Waals surface area contributed by atoms with E-state index < -0.39 is 11.9 Å². The van der Waals surface area contributed by atoms with E-state index in [2.05, 4.69) is 43.0 Å². The molecule has 1 aliphatic heterocycles. The summed E-state index contributed by atoms with van der Waals surface area (Å²) in [5, 5.41) is 19.6.